The summed E-state index contributed by atoms with van der Waals surface area (Å²) in [5, 5.41) is 14.4. The van der Waals surface area contributed by atoms with Crippen LogP contribution in [0.2, 0.25) is 0 Å². The van der Waals surface area contributed by atoms with Crippen molar-refractivity contribution in [1.29, 1.82) is 0 Å². The Morgan fingerprint density at radius 1 is 1.22 bits per heavy atom. The Morgan fingerprint density at radius 2 is 1.89 bits per heavy atom. The Kier molecular flexibility index (Phi) is 9.17. The molecule has 1 aromatic rings. The molecular formula is C18H25ClFN3O4. The van der Waals surface area contributed by atoms with E-state index in [2.05, 4.69) is 10.6 Å². The van der Waals surface area contributed by atoms with E-state index in [9.17, 15) is 23.9 Å². The van der Waals surface area contributed by atoms with Crippen LogP contribution in [0, 0.1) is 5.82 Å². The van der Waals surface area contributed by atoms with Gasteiger partial charge in [-0.15, -0.1) is 12.4 Å². The maximum Gasteiger partial charge on any atom is 0.320 e. The lowest BCUT2D eigenvalue weighted by molar-refractivity contribution is -0.145. The highest BCUT2D eigenvalue weighted by molar-refractivity contribution is 5.86. The van der Waals surface area contributed by atoms with Gasteiger partial charge in [0.15, 0.2) is 0 Å². The smallest absolute Gasteiger partial charge is 0.320 e. The molecule has 1 aliphatic rings. The maximum absolute atomic E-state index is 12.9. The van der Waals surface area contributed by atoms with Gasteiger partial charge in [-0.05, 0) is 44.0 Å². The zero-order valence-electron chi connectivity index (χ0n) is 15.1. The van der Waals surface area contributed by atoms with Crippen LogP contribution >= 0.6 is 12.4 Å². The third-order valence-electron chi connectivity index (χ3n) is 4.44. The molecule has 1 heterocycles. The lowest BCUT2D eigenvalue weighted by Crippen LogP contribution is -2.50. The Balaban J connectivity index is 0.00000364. The summed E-state index contributed by atoms with van der Waals surface area (Å²) in [4.78, 5) is 36.8. The number of hydrogen-bond donors (Lipinski definition) is 3. The van der Waals surface area contributed by atoms with Crippen molar-refractivity contribution in [2.75, 3.05) is 19.6 Å². The molecule has 1 saturated heterocycles. The van der Waals surface area contributed by atoms with Gasteiger partial charge in [0.25, 0.3) is 0 Å². The number of nitrogens with zero attached hydrogens (tertiary/aromatic N) is 1. The Hall–Kier alpha value is -2.19. The number of halogens is 2. The van der Waals surface area contributed by atoms with E-state index in [0.29, 0.717) is 13.0 Å². The summed E-state index contributed by atoms with van der Waals surface area (Å²) < 4.78 is 12.9. The molecule has 9 heteroatoms. The van der Waals surface area contributed by atoms with Crippen LogP contribution in [0.25, 0.3) is 0 Å². The molecule has 27 heavy (non-hydrogen) atoms. The minimum absolute atomic E-state index is 0. The number of rotatable bonds is 7. The summed E-state index contributed by atoms with van der Waals surface area (Å²) in [5.41, 5.74) is 0.753. The molecule has 0 spiro atoms. The van der Waals surface area contributed by atoms with Crippen LogP contribution in [-0.4, -0.2) is 53.5 Å². The lowest BCUT2D eigenvalue weighted by atomic mass is 10.0. The number of carboxylic acids is 1. The summed E-state index contributed by atoms with van der Waals surface area (Å²) in [7, 11) is 0. The first-order valence-corrected chi connectivity index (χ1v) is 8.65. The highest BCUT2D eigenvalue weighted by atomic mass is 35.5. The van der Waals surface area contributed by atoms with Crippen molar-refractivity contribution >= 4 is 30.2 Å². The van der Waals surface area contributed by atoms with E-state index in [-0.39, 0.29) is 49.2 Å². The summed E-state index contributed by atoms with van der Waals surface area (Å²) in [6, 6.07) is 4.83. The average molecular weight is 402 g/mol. The summed E-state index contributed by atoms with van der Waals surface area (Å²) >= 11 is 0. The molecule has 0 radical (unpaired) electrons. The van der Waals surface area contributed by atoms with E-state index < -0.39 is 12.0 Å². The van der Waals surface area contributed by atoms with Crippen molar-refractivity contribution in [1.82, 2.24) is 15.5 Å². The minimum atomic E-state index is -0.927. The zero-order valence-corrected chi connectivity index (χ0v) is 15.9. The van der Waals surface area contributed by atoms with E-state index in [4.69, 9.17) is 0 Å². The monoisotopic (exact) mass is 401 g/mol. The largest absolute Gasteiger partial charge is 0.480 e. The van der Waals surface area contributed by atoms with Crippen LogP contribution < -0.4 is 10.6 Å². The lowest BCUT2D eigenvalue weighted by Gasteiger charge is -2.32. The molecular weight excluding hydrogens is 377 g/mol. The predicted molar refractivity (Wildman–Crippen MR) is 100 cm³/mol. The first-order chi connectivity index (χ1) is 12.4. The molecule has 0 bridgehead atoms. The molecule has 0 saturated carbocycles. The SMILES string of the molecule is CC(NC(=O)CNC(=O)CN1CCCCC1C(=O)O)c1ccc(F)cc1.Cl. The van der Waals surface area contributed by atoms with Crippen molar-refractivity contribution in [2.45, 2.75) is 38.3 Å². The first-order valence-electron chi connectivity index (χ1n) is 8.65. The standard InChI is InChI=1S/C18H24FN3O4.ClH/c1-12(13-5-7-14(19)8-6-13)21-16(23)10-20-17(24)11-22-9-3-2-4-15(22)18(25)26;/h5-8,12,15H,2-4,9-11H2,1H3,(H,20,24)(H,21,23)(H,25,26);1H. The number of piperidine rings is 1. The molecule has 150 valence electrons. The number of aliphatic carboxylic acids is 1. The van der Waals surface area contributed by atoms with E-state index in [0.717, 1.165) is 18.4 Å². The fourth-order valence-corrected chi connectivity index (χ4v) is 3.01. The number of amides is 2. The van der Waals surface area contributed by atoms with Crippen molar-refractivity contribution in [3.63, 3.8) is 0 Å². The van der Waals surface area contributed by atoms with Crippen LogP contribution in [-0.2, 0) is 14.4 Å². The number of likely N-dealkylation sites (tertiary alicyclic amines) is 1. The number of hydrogen-bond acceptors (Lipinski definition) is 4. The maximum atomic E-state index is 12.9. The molecule has 1 aliphatic heterocycles. The number of carboxylic acid groups (broad SMARTS) is 1. The van der Waals surface area contributed by atoms with Gasteiger partial charge in [-0.1, -0.05) is 18.6 Å². The van der Waals surface area contributed by atoms with E-state index >= 15 is 0 Å². The van der Waals surface area contributed by atoms with Crippen molar-refractivity contribution < 1.29 is 23.9 Å². The van der Waals surface area contributed by atoms with E-state index in [1.54, 1.807) is 24.0 Å². The van der Waals surface area contributed by atoms with Gasteiger partial charge >= 0.3 is 5.97 Å². The highest BCUT2D eigenvalue weighted by Crippen LogP contribution is 2.16. The Bertz CT molecular complexity index is 657. The Morgan fingerprint density at radius 3 is 2.52 bits per heavy atom. The molecule has 2 amide bonds. The molecule has 0 aliphatic carbocycles. The topological polar surface area (TPSA) is 98.7 Å². The normalized spacial score (nSPS) is 18.1. The second-order valence-electron chi connectivity index (χ2n) is 6.44. The minimum Gasteiger partial charge on any atom is -0.480 e. The molecule has 7 nitrogen and oxygen atoms in total. The number of nitrogens with one attached hydrogen (secondary N) is 2. The zero-order chi connectivity index (χ0) is 19.1. The highest BCUT2D eigenvalue weighted by Gasteiger charge is 2.29. The fraction of sp³-hybridized carbons (Fsp3) is 0.500. The van der Waals surface area contributed by atoms with Crippen molar-refractivity contribution in [3.8, 4) is 0 Å². The van der Waals surface area contributed by atoms with Crippen molar-refractivity contribution in [2.24, 2.45) is 0 Å². The molecule has 2 rings (SSSR count). The second-order valence-corrected chi connectivity index (χ2v) is 6.44. The molecule has 1 fully saturated rings. The molecule has 2 atom stereocenters. The van der Waals surface area contributed by atoms with Crippen LogP contribution in [0.15, 0.2) is 24.3 Å². The number of carbonyl (C=O) groups is 3. The summed E-state index contributed by atoms with van der Waals surface area (Å²) in [6.45, 7) is 2.07. The first kappa shape index (κ1) is 22.9. The van der Waals surface area contributed by atoms with E-state index in [1.165, 1.54) is 12.1 Å². The van der Waals surface area contributed by atoms with Gasteiger partial charge in [0, 0.05) is 0 Å². The molecule has 1 aromatic carbocycles. The van der Waals surface area contributed by atoms with Crippen LogP contribution in [0.4, 0.5) is 4.39 Å². The second kappa shape index (κ2) is 10.8. The van der Waals surface area contributed by atoms with Gasteiger partial charge in [-0.25, -0.2) is 4.39 Å². The predicted octanol–water partition coefficient (Wildman–Crippen LogP) is 1.48. The summed E-state index contributed by atoms with van der Waals surface area (Å²) in [5.74, 6) is -2.04. The van der Waals surface area contributed by atoms with Gasteiger partial charge in [-0.3, -0.25) is 19.3 Å². The van der Waals surface area contributed by atoms with E-state index in [1.807, 2.05) is 0 Å². The number of benzene rings is 1. The third kappa shape index (κ3) is 7.15. The van der Waals surface area contributed by atoms with Gasteiger partial charge in [0.1, 0.15) is 11.9 Å². The third-order valence-corrected chi connectivity index (χ3v) is 4.44. The van der Waals surface area contributed by atoms with Gasteiger partial charge in [0.2, 0.25) is 11.8 Å². The van der Waals surface area contributed by atoms with Gasteiger partial charge in [-0.2, -0.15) is 0 Å². The van der Waals surface area contributed by atoms with Crippen molar-refractivity contribution in [3.05, 3.63) is 35.6 Å². The van der Waals surface area contributed by atoms with Crippen LogP contribution in [0.1, 0.15) is 37.8 Å². The number of carbonyl (C=O) groups excluding carboxylic acids is 2. The van der Waals surface area contributed by atoms with Crippen LogP contribution in [0.5, 0.6) is 0 Å². The Labute approximate surface area is 163 Å². The summed E-state index contributed by atoms with van der Waals surface area (Å²) in [6.07, 6.45) is 2.21. The quantitative estimate of drug-likeness (QED) is 0.642. The fourth-order valence-electron chi connectivity index (χ4n) is 3.01. The van der Waals surface area contributed by atoms with Gasteiger partial charge in [0.05, 0.1) is 19.1 Å². The van der Waals surface area contributed by atoms with Gasteiger partial charge < -0.3 is 15.7 Å². The molecule has 2 unspecified atom stereocenters. The average Bonchev–Trinajstić information content (AvgIpc) is 2.60. The van der Waals surface area contributed by atoms with Crippen LogP contribution in [0.3, 0.4) is 0 Å². The molecule has 0 aromatic heterocycles. The molecule has 3 N–H and O–H groups in total.